The zero-order valence-electron chi connectivity index (χ0n) is 25.9. The van der Waals surface area contributed by atoms with Crippen molar-refractivity contribution in [2.45, 2.75) is 37.8 Å². The van der Waals surface area contributed by atoms with Gasteiger partial charge in [-0.3, -0.25) is 13.9 Å². The quantitative estimate of drug-likeness (QED) is 0.162. The molecule has 0 radical (unpaired) electrons. The van der Waals surface area contributed by atoms with Crippen molar-refractivity contribution in [3.05, 3.63) is 124 Å². The van der Waals surface area contributed by atoms with Crippen LogP contribution in [-0.2, 0) is 32.6 Å². The SMILES string of the molecule is COc1ccc(S(=O)(=O)N(CC(=O)N(Cc2ccc(Cl)cc2Cl)[C@@H](Cc2ccccc2)C(=O)NCC(C)C)c2ccccc2)cc1. The fourth-order valence-electron chi connectivity index (χ4n) is 4.81. The molecule has 0 heterocycles. The van der Waals surface area contributed by atoms with E-state index in [2.05, 4.69) is 5.32 Å². The molecule has 0 aliphatic heterocycles. The minimum atomic E-state index is -4.23. The first-order valence-corrected chi connectivity index (χ1v) is 17.0. The van der Waals surface area contributed by atoms with Gasteiger partial charge in [0, 0.05) is 29.6 Å². The minimum Gasteiger partial charge on any atom is -0.497 e. The van der Waals surface area contributed by atoms with E-state index >= 15 is 0 Å². The number of amides is 2. The number of methoxy groups -OCH3 is 1. The number of anilines is 1. The largest absolute Gasteiger partial charge is 0.497 e. The van der Waals surface area contributed by atoms with Gasteiger partial charge < -0.3 is 15.0 Å². The summed E-state index contributed by atoms with van der Waals surface area (Å²) < 4.78 is 34.5. The molecule has 0 aliphatic rings. The Morgan fingerprint density at radius 1 is 0.870 bits per heavy atom. The maximum Gasteiger partial charge on any atom is 0.264 e. The van der Waals surface area contributed by atoms with Crippen LogP contribution in [0, 0.1) is 5.92 Å². The summed E-state index contributed by atoms with van der Waals surface area (Å²) in [6.07, 6.45) is 0.193. The van der Waals surface area contributed by atoms with Crippen molar-refractivity contribution in [1.82, 2.24) is 10.2 Å². The average molecular weight is 683 g/mol. The Morgan fingerprint density at radius 3 is 2.09 bits per heavy atom. The molecule has 1 atom stereocenters. The smallest absolute Gasteiger partial charge is 0.264 e. The van der Waals surface area contributed by atoms with Gasteiger partial charge >= 0.3 is 0 Å². The Kier molecular flexibility index (Phi) is 12.1. The fourth-order valence-corrected chi connectivity index (χ4v) is 6.69. The Hall–Kier alpha value is -4.05. The van der Waals surface area contributed by atoms with Gasteiger partial charge in [0.25, 0.3) is 10.0 Å². The van der Waals surface area contributed by atoms with Crippen LogP contribution in [0.5, 0.6) is 5.75 Å². The standard InChI is InChI=1S/C35H37Cl2N3O5S/c1-25(2)22-38-35(42)33(20-26-10-6-4-7-11-26)39(23-27-14-15-28(36)21-32(27)37)34(41)24-40(29-12-8-5-9-13-29)46(43,44)31-18-16-30(45-3)17-19-31/h4-19,21,25,33H,20,22-24H2,1-3H3,(H,38,42)/t33-/m0/s1. The number of halogens is 2. The predicted octanol–water partition coefficient (Wildman–Crippen LogP) is 6.61. The second-order valence-corrected chi connectivity index (χ2v) is 13.8. The van der Waals surface area contributed by atoms with Gasteiger partial charge in [-0.15, -0.1) is 0 Å². The molecule has 4 aromatic rings. The number of ether oxygens (including phenoxy) is 1. The fraction of sp³-hybridized carbons (Fsp3) is 0.257. The Bertz CT molecular complexity index is 1720. The van der Waals surface area contributed by atoms with E-state index in [-0.39, 0.29) is 29.7 Å². The van der Waals surface area contributed by atoms with Crippen molar-refractivity contribution in [2.24, 2.45) is 5.92 Å². The van der Waals surface area contributed by atoms with Crippen molar-refractivity contribution in [3.63, 3.8) is 0 Å². The highest BCUT2D eigenvalue weighted by atomic mass is 35.5. The third-order valence-electron chi connectivity index (χ3n) is 7.28. The van der Waals surface area contributed by atoms with Gasteiger partial charge in [0.15, 0.2) is 0 Å². The van der Waals surface area contributed by atoms with E-state index in [0.29, 0.717) is 33.6 Å². The van der Waals surface area contributed by atoms with Crippen molar-refractivity contribution in [3.8, 4) is 5.75 Å². The van der Waals surface area contributed by atoms with Gasteiger partial charge in [-0.1, -0.05) is 91.6 Å². The summed E-state index contributed by atoms with van der Waals surface area (Å²) in [6, 6.07) is 27.6. The molecule has 4 rings (SSSR count). The summed E-state index contributed by atoms with van der Waals surface area (Å²) in [5.74, 6) is -0.296. The second kappa shape index (κ2) is 16.0. The molecule has 8 nitrogen and oxygen atoms in total. The molecular weight excluding hydrogens is 645 g/mol. The normalized spacial score (nSPS) is 12.0. The summed E-state index contributed by atoms with van der Waals surface area (Å²) in [5, 5.41) is 3.70. The van der Waals surface area contributed by atoms with Gasteiger partial charge in [0.1, 0.15) is 18.3 Å². The minimum absolute atomic E-state index is 0.0206. The molecule has 0 aromatic heterocycles. The van der Waals surface area contributed by atoms with Gasteiger partial charge in [-0.25, -0.2) is 8.42 Å². The van der Waals surface area contributed by atoms with E-state index in [1.54, 1.807) is 60.7 Å². The molecule has 0 fully saturated rings. The number of carbonyl (C=O) groups is 2. The van der Waals surface area contributed by atoms with Gasteiger partial charge in [-0.2, -0.15) is 0 Å². The monoisotopic (exact) mass is 681 g/mol. The third-order valence-corrected chi connectivity index (χ3v) is 9.66. The zero-order valence-corrected chi connectivity index (χ0v) is 28.2. The van der Waals surface area contributed by atoms with Crippen LogP contribution >= 0.6 is 23.2 Å². The molecule has 0 saturated heterocycles. The van der Waals surface area contributed by atoms with Crippen molar-refractivity contribution in [1.29, 1.82) is 0 Å². The lowest BCUT2D eigenvalue weighted by atomic mass is 10.0. The molecule has 0 aliphatic carbocycles. The van der Waals surface area contributed by atoms with E-state index in [1.165, 1.54) is 24.1 Å². The van der Waals surface area contributed by atoms with Crippen LogP contribution in [-0.4, -0.2) is 51.4 Å². The molecule has 46 heavy (non-hydrogen) atoms. The maximum atomic E-state index is 14.5. The highest BCUT2D eigenvalue weighted by molar-refractivity contribution is 7.92. The van der Waals surface area contributed by atoms with Crippen molar-refractivity contribution >= 4 is 50.7 Å². The highest BCUT2D eigenvalue weighted by Gasteiger charge is 2.35. The topological polar surface area (TPSA) is 96.0 Å². The summed E-state index contributed by atoms with van der Waals surface area (Å²) in [5.41, 5.74) is 1.68. The number of carbonyl (C=O) groups excluding carboxylic acids is 2. The summed E-state index contributed by atoms with van der Waals surface area (Å²) >= 11 is 12.7. The molecule has 0 spiro atoms. The molecule has 4 aromatic carbocycles. The lowest BCUT2D eigenvalue weighted by Crippen LogP contribution is -2.53. The number of sulfonamides is 1. The lowest BCUT2D eigenvalue weighted by Gasteiger charge is -2.34. The Balaban J connectivity index is 1.80. The first-order chi connectivity index (χ1) is 22.0. The number of nitrogens with one attached hydrogen (secondary N) is 1. The van der Waals surface area contributed by atoms with Crippen LogP contribution in [0.15, 0.2) is 108 Å². The summed E-state index contributed by atoms with van der Waals surface area (Å²) in [7, 11) is -2.75. The molecular formula is C35H37Cl2N3O5S. The Morgan fingerprint density at radius 2 is 1.50 bits per heavy atom. The van der Waals surface area contributed by atoms with Gasteiger partial charge in [0.2, 0.25) is 11.8 Å². The maximum absolute atomic E-state index is 14.5. The number of rotatable bonds is 14. The van der Waals surface area contributed by atoms with Crippen LogP contribution in [0.2, 0.25) is 10.0 Å². The average Bonchev–Trinajstić information content (AvgIpc) is 3.05. The number of benzene rings is 4. The van der Waals surface area contributed by atoms with Crippen LogP contribution in [0.1, 0.15) is 25.0 Å². The molecule has 0 unspecified atom stereocenters. The highest BCUT2D eigenvalue weighted by Crippen LogP contribution is 2.28. The van der Waals surface area contributed by atoms with Crippen LogP contribution in [0.25, 0.3) is 0 Å². The first-order valence-electron chi connectivity index (χ1n) is 14.8. The summed E-state index contributed by atoms with van der Waals surface area (Å²) in [6.45, 7) is 3.71. The number of hydrogen-bond acceptors (Lipinski definition) is 5. The molecule has 1 N–H and O–H groups in total. The predicted molar refractivity (Wildman–Crippen MR) is 183 cm³/mol. The molecule has 0 saturated carbocycles. The van der Waals surface area contributed by atoms with Gasteiger partial charge in [0.05, 0.1) is 17.7 Å². The molecule has 242 valence electrons. The molecule has 11 heteroatoms. The van der Waals surface area contributed by atoms with E-state index in [1.807, 2.05) is 44.2 Å². The number of nitrogens with zero attached hydrogens (tertiary/aromatic N) is 2. The van der Waals surface area contributed by atoms with E-state index < -0.39 is 28.5 Å². The lowest BCUT2D eigenvalue weighted by molar-refractivity contribution is -0.140. The van der Waals surface area contributed by atoms with E-state index in [4.69, 9.17) is 27.9 Å². The second-order valence-electron chi connectivity index (χ2n) is 11.1. The van der Waals surface area contributed by atoms with Crippen molar-refractivity contribution < 1.29 is 22.7 Å². The Labute approximate surface area is 280 Å². The number of para-hydroxylation sites is 1. The number of hydrogen-bond donors (Lipinski definition) is 1. The van der Waals surface area contributed by atoms with Crippen LogP contribution in [0.4, 0.5) is 5.69 Å². The first kappa shape index (κ1) is 34.8. The zero-order chi connectivity index (χ0) is 33.3. The third kappa shape index (κ3) is 9.02. The van der Waals surface area contributed by atoms with E-state index in [9.17, 15) is 18.0 Å². The molecule has 0 bridgehead atoms. The van der Waals surface area contributed by atoms with Crippen molar-refractivity contribution in [2.75, 3.05) is 24.5 Å². The van der Waals surface area contributed by atoms with E-state index in [0.717, 1.165) is 9.87 Å². The van der Waals surface area contributed by atoms with Crippen LogP contribution in [0.3, 0.4) is 0 Å². The van der Waals surface area contributed by atoms with Gasteiger partial charge in [-0.05, 0) is 65.6 Å². The summed E-state index contributed by atoms with van der Waals surface area (Å²) in [4.78, 5) is 29.8. The molecule has 2 amide bonds. The van der Waals surface area contributed by atoms with Crippen LogP contribution < -0.4 is 14.4 Å².